The summed E-state index contributed by atoms with van der Waals surface area (Å²) in [6.07, 6.45) is 1.70. The fourth-order valence-corrected chi connectivity index (χ4v) is 3.11. The van der Waals surface area contributed by atoms with Crippen LogP contribution >= 0.6 is 0 Å². The molecule has 1 heterocycles. The van der Waals surface area contributed by atoms with Gasteiger partial charge in [0.25, 0.3) is 0 Å². The minimum atomic E-state index is -0.0137. The number of ether oxygens (including phenoxy) is 1. The number of benzene rings is 2. The first-order valence-corrected chi connectivity index (χ1v) is 10.1. The third-order valence-electron chi connectivity index (χ3n) is 4.77. The van der Waals surface area contributed by atoms with E-state index in [0.717, 1.165) is 17.7 Å². The smallest absolute Gasteiger partial charge is 0.227 e. The van der Waals surface area contributed by atoms with Crippen LogP contribution < -0.4 is 10.1 Å². The number of rotatable bonds is 10. The second-order valence-corrected chi connectivity index (χ2v) is 6.79. The molecule has 0 fully saturated rings. The van der Waals surface area contributed by atoms with Gasteiger partial charge in [0.2, 0.25) is 17.6 Å². The maximum Gasteiger partial charge on any atom is 0.227 e. The van der Waals surface area contributed by atoms with Crippen LogP contribution in [0.25, 0.3) is 11.4 Å². The fourth-order valence-electron chi connectivity index (χ4n) is 3.11. The quantitative estimate of drug-likeness (QED) is 0.553. The molecule has 0 saturated carbocycles. The van der Waals surface area contributed by atoms with Gasteiger partial charge in [0.1, 0.15) is 5.75 Å². The minimum absolute atomic E-state index is 0.0137. The van der Waals surface area contributed by atoms with Gasteiger partial charge < -0.3 is 14.6 Å². The van der Waals surface area contributed by atoms with Crippen LogP contribution in [0.2, 0.25) is 0 Å². The minimum Gasteiger partial charge on any atom is -0.494 e. The molecule has 3 rings (SSSR count). The Morgan fingerprint density at radius 3 is 2.55 bits per heavy atom. The van der Waals surface area contributed by atoms with Gasteiger partial charge in [0.05, 0.1) is 6.61 Å². The highest BCUT2D eigenvalue weighted by Gasteiger charge is 2.13. The van der Waals surface area contributed by atoms with Gasteiger partial charge in [-0.3, -0.25) is 4.79 Å². The van der Waals surface area contributed by atoms with Crippen molar-refractivity contribution in [3.8, 4) is 17.1 Å². The molecular weight excluding hydrogens is 366 g/mol. The van der Waals surface area contributed by atoms with Crippen LogP contribution in [-0.2, 0) is 11.2 Å². The Hall–Kier alpha value is -3.15. The lowest BCUT2D eigenvalue weighted by Gasteiger charge is -2.16. The first-order valence-electron chi connectivity index (χ1n) is 10.1. The third-order valence-corrected chi connectivity index (χ3v) is 4.77. The summed E-state index contributed by atoms with van der Waals surface area (Å²) in [4.78, 5) is 16.6. The van der Waals surface area contributed by atoms with Crippen molar-refractivity contribution in [1.29, 1.82) is 0 Å². The van der Waals surface area contributed by atoms with Crippen LogP contribution in [0, 0.1) is 0 Å². The molecule has 1 aromatic heterocycles. The topological polar surface area (TPSA) is 77.2 Å². The Morgan fingerprint density at radius 2 is 1.86 bits per heavy atom. The van der Waals surface area contributed by atoms with Crippen LogP contribution in [0.1, 0.15) is 44.1 Å². The Bertz CT molecular complexity index is 891. The number of aryl methyl sites for hydroxylation is 1. The van der Waals surface area contributed by atoms with Crippen LogP contribution in [0.3, 0.4) is 0 Å². The van der Waals surface area contributed by atoms with Crippen LogP contribution in [0.4, 0.5) is 0 Å². The number of nitrogens with zero attached hydrogens (tertiary/aromatic N) is 2. The Kier molecular flexibility index (Phi) is 7.39. The predicted molar refractivity (Wildman–Crippen MR) is 112 cm³/mol. The molecule has 2 aromatic carbocycles. The zero-order valence-electron chi connectivity index (χ0n) is 16.9. The van der Waals surface area contributed by atoms with E-state index in [2.05, 4.69) is 34.5 Å². The van der Waals surface area contributed by atoms with Gasteiger partial charge in [0, 0.05) is 30.9 Å². The summed E-state index contributed by atoms with van der Waals surface area (Å²) in [5.41, 5.74) is 2.09. The number of amides is 1. The van der Waals surface area contributed by atoms with Crippen molar-refractivity contribution in [3.63, 3.8) is 0 Å². The summed E-state index contributed by atoms with van der Waals surface area (Å²) in [5.74, 6) is 2.07. The van der Waals surface area contributed by atoms with Gasteiger partial charge in [-0.2, -0.15) is 4.98 Å². The molecule has 1 N–H and O–H groups in total. The average molecular weight is 393 g/mol. The molecule has 0 spiro atoms. The fraction of sp³-hybridized carbons (Fsp3) is 0.348. The molecule has 1 amide bonds. The molecule has 0 saturated heterocycles. The van der Waals surface area contributed by atoms with E-state index in [-0.39, 0.29) is 5.91 Å². The second-order valence-electron chi connectivity index (χ2n) is 6.79. The SMILES string of the molecule is CCOc1ccc(-c2noc(CCC(=O)NCC(CC)c3ccccc3)n2)cc1. The summed E-state index contributed by atoms with van der Waals surface area (Å²) in [5, 5.41) is 7.02. The summed E-state index contributed by atoms with van der Waals surface area (Å²) in [7, 11) is 0. The molecule has 1 unspecified atom stereocenters. The summed E-state index contributed by atoms with van der Waals surface area (Å²) in [6.45, 7) is 5.32. The van der Waals surface area contributed by atoms with Crippen molar-refractivity contribution in [3.05, 3.63) is 66.1 Å². The molecule has 0 radical (unpaired) electrons. The molecule has 3 aromatic rings. The lowest BCUT2D eigenvalue weighted by atomic mass is 9.96. The molecular formula is C23H27N3O3. The van der Waals surface area contributed by atoms with E-state index in [1.165, 1.54) is 5.56 Å². The summed E-state index contributed by atoms with van der Waals surface area (Å²) < 4.78 is 10.7. The zero-order chi connectivity index (χ0) is 20.5. The van der Waals surface area contributed by atoms with Crippen molar-refractivity contribution in [2.24, 2.45) is 0 Å². The van der Waals surface area contributed by atoms with Crippen LogP contribution in [0.15, 0.2) is 59.1 Å². The van der Waals surface area contributed by atoms with Gasteiger partial charge in [-0.15, -0.1) is 0 Å². The molecule has 6 nitrogen and oxygen atoms in total. The molecule has 0 aliphatic rings. The van der Waals surface area contributed by atoms with E-state index in [1.807, 2.05) is 49.4 Å². The van der Waals surface area contributed by atoms with Gasteiger partial charge in [0.15, 0.2) is 0 Å². The van der Waals surface area contributed by atoms with E-state index in [0.29, 0.717) is 43.6 Å². The maximum atomic E-state index is 12.2. The highest BCUT2D eigenvalue weighted by Crippen LogP contribution is 2.20. The number of hydrogen-bond acceptors (Lipinski definition) is 5. The number of aromatic nitrogens is 2. The predicted octanol–water partition coefficient (Wildman–Crippen LogP) is 4.38. The van der Waals surface area contributed by atoms with Crippen molar-refractivity contribution in [2.45, 2.75) is 39.0 Å². The zero-order valence-corrected chi connectivity index (χ0v) is 16.9. The van der Waals surface area contributed by atoms with Gasteiger partial charge in [-0.25, -0.2) is 0 Å². The van der Waals surface area contributed by atoms with Crippen molar-refractivity contribution >= 4 is 5.91 Å². The lowest BCUT2D eigenvalue weighted by molar-refractivity contribution is -0.121. The monoisotopic (exact) mass is 393 g/mol. The average Bonchev–Trinajstić information content (AvgIpc) is 3.23. The Labute approximate surface area is 171 Å². The molecule has 6 heteroatoms. The Balaban J connectivity index is 1.48. The summed E-state index contributed by atoms with van der Waals surface area (Å²) >= 11 is 0. The molecule has 29 heavy (non-hydrogen) atoms. The number of carbonyl (C=O) groups is 1. The molecule has 152 valence electrons. The standard InChI is InChI=1S/C23H27N3O3/c1-3-17(18-8-6-5-7-9-18)16-24-21(27)14-15-22-25-23(26-29-22)19-10-12-20(13-11-19)28-4-2/h5-13,17H,3-4,14-16H2,1-2H3,(H,24,27). The van der Waals surface area contributed by atoms with Crippen LogP contribution in [-0.4, -0.2) is 29.2 Å². The first kappa shape index (κ1) is 20.6. The van der Waals surface area contributed by atoms with Crippen molar-refractivity contribution in [1.82, 2.24) is 15.5 Å². The third kappa shape index (κ3) is 5.91. The lowest BCUT2D eigenvalue weighted by Crippen LogP contribution is -2.28. The highest BCUT2D eigenvalue weighted by molar-refractivity contribution is 5.76. The van der Waals surface area contributed by atoms with E-state index >= 15 is 0 Å². The van der Waals surface area contributed by atoms with E-state index in [9.17, 15) is 4.79 Å². The number of carbonyl (C=O) groups excluding carboxylic acids is 1. The van der Waals surface area contributed by atoms with Gasteiger partial charge in [-0.05, 0) is 43.2 Å². The first-order chi connectivity index (χ1) is 14.2. The number of nitrogens with one attached hydrogen (secondary N) is 1. The molecule has 1 atom stereocenters. The summed E-state index contributed by atoms with van der Waals surface area (Å²) in [6, 6.07) is 17.8. The van der Waals surface area contributed by atoms with E-state index in [4.69, 9.17) is 9.26 Å². The number of hydrogen-bond donors (Lipinski definition) is 1. The second kappa shape index (κ2) is 10.4. The van der Waals surface area contributed by atoms with Gasteiger partial charge >= 0.3 is 0 Å². The maximum absolute atomic E-state index is 12.2. The normalized spacial score (nSPS) is 11.8. The van der Waals surface area contributed by atoms with Crippen molar-refractivity contribution in [2.75, 3.05) is 13.2 Å². The largest absolute Gasteiger partial charge is 0.494 e. The Morgan fingerprint density at radius 1 is 1.10 bits per heavy atom. The van der Waals surface area contributed by atoms with E-state index in [1.54, 1.807) is 0 Å². The molecule has 0 bridgehead atoms. The van der Waals surface area contributed by atoms with Gasteiger partial charge in [-0.1, -0.05) is 42.4 Å². The molecule has 0 aliphatic heterocycles. The van der Waals surface area contributed by atoms with Crippen LogP contribution in [0.5, 0.6) is 5.75 Å². The highest BCUT2D eigenvalue weighted by atomic mass is 16.5. The van der Waals surface area contributed by atoms with Crippen molar-refractivity contribution < 1.29 is 14.1 Å². The van der Waals surface area contributed by atoms with E-state index < -0.39 is 0 Å². The molecule has 0 aliphatic carbocycles.